The molecule has 2 aromatic rings. The van der Waals surface area contributed by atoms with E-state index in [1.165, 1.54) is 25.6 Å². The van der Waals surface area contributed by atoms with Crippen LogP contribution >= 0.6 is 11.6 Å². The van der Waals surface area contributed by atoms with E-state index in [1.807, 2.05) is 0 Å². The molecule has 114 valence electrons. The second kappa shape index (κ2) is 7.37. The van der Waals surface area contributed by atoms with Crippen LogP contribution in [0.5, 0.6) is 5.88 Å². The van der Waals surface area contributed by atoms with Gasteiger partial charge in [0.2, 0.25) is 11.8 Å². The molecule has 0 saturated heterocycles. The van der Waals surface area contributed by atoms with Gasteiger partial charge in [0, 0.05) is 17.3 Å². The van der Waals surface area contributed by atoms with E-state index in [0.29, 0.717) is 16.6 Å². The molecule has 0 fully saturated rings. The van der Waals surface area contributed by atoms with Crippen LogP contribution in [0.4, 0.5) is 5.69 Å². The molecule has 7 nitrogen and oxygen atoms in total. The van der Waals surface area contributed by atoms with Crippen molar-refractivity contribution in [3.8, 4) is 5.88 Å². The maximum Gasteiger partial charge on any atom is 0.270 e. The van der Waals surface area contributed by atoms with Gasteiger partial charge in [-0.1, -0.05) is 11.6 Å². The summed E-state index contributed by atoms with van der Waals surface area (Å²) >= 11 is 5.77. The Labute approximate surface area is 131 Å². The molecule has 0 aliphatic carbocycles. The standard InChI is InChI=1S/C14H13ClN4O3/c1-22-13-3-2-10(7-17-13)19-12(20)8-18-14(21)11-6-9(15)4-5-16-11/h2-7H,8H2,1H3,(H,18,21)(H,19,20). The predicted octanol–water partition coefficient (Wildman–Crippen LogP) is 1.51. The highest BCUT2D eigenvalue weighted by molar-refractivity contribution is 6.30. The maximum absolute atomic E-state index is 11.8. The normalized spacial score (nSPS) is 9.91. The summed E-state index contributed by atoms with van der Waals surface area (Å²) in [6.07, 6.45) is 2.87. The van der Waals surface area contributed by atoms with Crippen molar-refractivity contribution in [2.24, 2.45) is 0 Å². The van der Waals surface area contributed by atoms with Crippen LogP contribution in [0.25, 0.3) is 0 Å². The Morgan fingerprint density at radius 3 is 2.73 bits per heavy atom. The number of carbonyl (C=O) groups excluding carboxylic acids is 2. The van der Waals surface area contributed by atoms with E-state index in [-0.39, 0.29) is 18.1 Å². The Balaban J connectivity index is 1.85. The lowest BCUT2D eigenvalue weighted by atomic mass is 10.3. The van der Waals surface area contributed by atoms with E-state index in [4.69, 9.17) is 16.3 Å². The van der Waals surface area contributed by atoms with Gasteiger partial charge in [-0.15, -0.1) is 0 Å². The Kier molecular flexibility index (Phi) is 5.26. The zero-order valence-electron chi connectivity index (χ0n) is 11.7. The summed E-state index contributed by atoms with van der Waals surface area (Å²) in [6, 6.07) is 6.23. The molecule has 0 aliphatic heterocycles. The summed E-state index contributed by atoms with van der Waals surface area (Å²) in [5.74, 6) is -0.425. The third-order valence-corrected chi connectivity index (χ3v) is 2.83. The fourth-order valence-corrected chi connectivity index (χ4v) is 1.72. The summed E-state index contributed by atoms with van der Waals surface area (Å²) in [6.45, 7) is -0.195. The number of halogens is 1. The summed E-state index contributed by atoms with van der Waals surface area (Å²) < 4.78 is 4.91. The molecule has 22 heavy (non-hydrogen) atoms. The number of methoxy groups -OCH3 is 1. The third-order valence-electron chi connectivity index (χ3n) is 2.59. The van der Waals surface area contributed by atoms with Crippen LogP contribution < -0.4 is 15.4 Å². The molecule has 0 saturated carbocycles. The molecular formula is C14H13ClN4O3. The van der Waals surface area contributed by atoms with Gasteiger partial charge >= 0.3 is 0 Å². The lowest BCUT2D eigenvalue weighted by molar-refractivity contribution is -0.115. The van der Waals surface area contributed by atoms with Crippen molar-refractivity contribution in [1.82, 2.24) is 15.3 Å². The van der Waals surface area contributed by atoms with Gasteiger partial charge in [0.25, 0.3) is 5.91 Å². The lowest BCUT2D eigenvalue weighted by Crippen LogP contribution is -2.33. The van der Waals surface area contributed by atoms with Crippen LogP contribution in [0.3, 0.4) is 0 Å². The first-order chi connectivity index (χ1) is 10.6. The zero-order valence-corrected chi connectivity index (χ0v) is 12.4. The van der Waals surface area contributed by atoms with E-state index in [9.17, 15) is 9.59 Å². The van der Waals surface area contributed by atoms with Gasteiger partial charge < -0.3 is 15.4 Å². The molecule has 2 aromatic heterocycles. The largest absolute Gasteiger partial charge is 0.481 e. The van der Waals surface area contributed by atoms with Crippen molar-refractivity contribution in [1.29, 1.82) is 0 Å². The Morgan fingerprint density at radius 2 is 2.09 bits per heavy atom. The van der Waals surface area contributed by atoms with E-state index < -0.39 is 5.91 Å². The van der Waals surface area contributed by atoms with Crippen molar-refractivity contribution in [2.75, 3.05) is 19.0 Å². The topological polar surface area (TPSA) is 93.2 Å². The van der Waals surface area contributed by atoms with Gasteiger partial charge in [0.15, 0.2) is 0 Å². The average molecular weight is 321 g/mol. The number of pyridine rings is 2. The smallest absolute Gasteiger partial charge is 0.270 e. The lowest BCUT2D eigenvalue weighted by Gasteiger charge is -2.07. The second-order valence-corrected chi connectivity index (χ2v) is 4.62. The summed E-state index contributed by atoms with van der Waals surface area (Å²) in [4.78, 5) is 31.4. The molecule has 0 atom stereocenters. The number of ether oxygens (including phenoxy) is 1. The van der Waals surface area contributed by atoms with Crippen molar-refractivity contribution in [3.63, 3.8) is 0 Å². The molecule has 2 amide bonds. The number of carbonyl (C=O) groups is 2. The van der Waals surface area contributed by atoms with Crippen LogP contribution in [0.1, 0.15) is 10.5 Å². The van der Waals surface area contributed by atoms with Crippen LogP contribution in [-0.4, -0.2) is 35.4 Å². The molecule has 0 radical (unpaired) electrons. The number of aromatic nitrogens is 2. The fourth-order valence-electron chi connectivity index (χ4n) is 1.56. The van der Waals surface area contributed by atoms with Crippen molar-refractivity contribution < 1.29 is 14.3 Å². The van der Waals surface area contributed by atoms with Gasteiger partial charge in [-0.3, -0.25) is 14.6 Å². The number of hydrogen-bond acceptors (Lipinski definition) is 5. The van der Waals surface area contributed by atoms with E-state index in [2.05, 4.69) is 20.6 Å². The summed E-state index contributed by atoms with van der Waals surface area (Å²) in [5, 5.41) is 5.44. The molecule has 2 rings (SSSR count). The summed E-state index contributed by atoms with van der Waals surface area (Å²) in [7, 11) is 1.50. The number of hydrogen-bond donors (Lipinski definition) is 2. The van der Waals surface area contributed by atoms with Gasteiger partial charge in [-0.25, -0.2) is 4.98 Å². The highest BCUT2D eigenvalue weighted by atomic mass is 35.5. The molecular weight excluding hydrogens is 308 g/mol. The van der Waals surface area contributed by atoms with Gasteiger partial charge in [-0.05, 0) is 18.2 Å². The Bertz CT molecular complexity index is 676. The third kappa shape index (κ3) is 4.42. The van der Waals surface area contributed by atoms with Gasteiger partial charge in [0.05, 0.1) is 25.5 Å². The van der Waals surface area contributed by atoms with E-state index >= 15 is 0 Å². The van der Waals surface area contributed by atoms with Gasteiger partial charge in [-0.2, -0.15) is 0 Å². The molecule has 0 aromatic carbocycles. The number of rotatable bonds is 5. The first kappa shape index (κ1) is 15.7. The highest BCUT2D eigenvalue weighted by Gasteiger charge is 2.10. The van der Waals surface area contributed by atoms with Crippen LogP contribution in [0.2, 0.25) is 5.02 Å². The van der Waals surface area contributed by atoms with Gasteiger partial charge in [0.1, 0.15) is 5.69 Å². The van der Waals surface area contributed by atoms with Crippen molar-refractivity contribution >= 4 is 29.1 Å². The predicted molar refractivity (Wildman–Crippen MR) is 81.0 cm³/mol. The van der Waals surface area contributed by atoms with Crippen LogP contribution in [0.15, 0.2) is 36.7 Å². The number of amides is 2. The van der Waals surface area contributed by atoms with Crippen molar-refractivity contribution in [3.05, 3.63) is 47.4 Å². The second-order valence-electron chi connectivity index (χ2n) is 4.18. The average Bonchev–Trinajstić information content (AvgIpc) is 2.53. The molecule has 0 spiro atoms. The number of nitrogens with one attached hydrogen (secondary N) is 2. The maximum atomic E-state index is 11.8. The van der Waals surface area contributed by atoms with Crippen LogP contribution in [-0.2, 0) is 4.79 Å². The first-order valence-electron chi connectivity index (χ1n) is 6.28. The minimum absolute atomic E-state index is 0.145. The fraction of sp³-hybridized carbons (Fsp3) is 0.143. The Morgan fingerprint density at radius 1 is 1.27 bits per heavy atom. The highest BCUT2D eigenvalue weighted by Crippen LogP contribution is 2.10. The molecule has 0 bridgehead atoms. The first-order valence-corrected chi connectivity index (χ1v) is 6.66. The van der Waals surface area contributed by atoms with Crippen molar-refractivity contribution in [2.45, 2.75) is 0 Å². The molecule has 2 heterocycles. The SMILES string of the molecule is COc1ccc(NC(=O)CNC(=O)c2cc(Cl)ccn2)cn1. The number of anilines is 1. The zero-order chi connectivity index (χ0) is 15.9. The quantitative estimate of drug-likeness (QED) is 0.871. The Hall–Kier alpha value is -2.67. The molecule has 8 heteroatoms. The minimum Gasteiger partial charge on any atom is -0.481 e. The van der Waals surface area contributed by atoms with Crippen LogP contribution in [0, 0.1) is 0 Å². The molecule has 0 aliphatic rings. The molecule has 2 N–H and O–H groups in total. The summed E-state index contributed by atoms with van der Waals surface area (Å²) in [5.41, 5.74) is 0.646. The monoisotopic (exact) mass is 320 g/mol. The number of nitrogens with zero attached hydrogens (tertiary/aromatic N) is 2. The molecule has 0 unspecified atom stereocenters. The minimum atomic E-state index is -0.481. The van der Waals surface area contributed by atoms with E-state index in [0.717, 1.165) is 0 Å². The van der Waals surface area contributed by atoms with E-state index in [1.54, 1.807) is 18.2 Å².